The van der Waals surface area contributed by atoms with E-state index in [0.29, 0.717) is 12.1 Å². The van der Waals surface area contributed by atoms with Crippen LogP contribution in [0.1, 0.15) is 27.2 Å². The second kappa shape index (κ2) is 5.74. The highest BCUT2D eigenvalue weighted by Gasteiger charge is 2.15. The molecule has 20 heavy (non-hydrogen) atoms. The monoisotopic (exact) mass is 270 g/mol. The number of pyridine rings is 1. The SMILES string of the molecule is Cc1cc(C)n(C)c(=O)c1C(=O)NCc1ccccc1. The van der Waals surface area contributed by atoms with Crippen LogP contribution in [0.25, 0.3) is 0 Å². The van der Waals surface area contributed by atoms with E-state index in [1.54, 1.807) is 14.0 Å². The third-order valence-corrected chi connectivity index (χ3v) is 3.39. The Kier molecular flexibility index (Phi) is 4.03. The minimum absolute atomic E-state index is 0.217. The van der Waals surface area contributed by atoms with E-state index in [4.69, 9.17) is 0 Å². The largest absolute Gasteiger partial charge is 0.348 e. The van der Waals surface area contributed by atoms with Crippen LogP contribution >= 0.6 is 0 Å². The van der Waals surface area contributed by atoms with Crippen LogP contribution in [0.2, 0.25) is 0 Å². The van der Waals surface area contributed by atoms with Crippen molar-refractivity contribution < 1.29 is 4.79 Å². The van der Waals surface area contributed by atoms with Gasteiger partial charge in [0.2, 0.25) is 0 Å². The summed E-state index contributed by atoms with van der Waals surface area (Å²) < 4.78 is 1.49. The molecule has 0 aliphatic carbocycles. The number of hydrogen-bond donors (Lipinski definition) is 1. The predicted octanol–water partition coefficient (Wildman–Crippen LogP) is 1.93. The average Bonchev–Trinajstić information content (AvgIpc) is 2.44. The number of hydrogen-bond acceptors (Lipinski definition) is 2. The van der Waals surface area contributed by atoms with Crippen molar-refractivity contribution in [2.75, 3.05) is 0 Å². The highest BCUT2D eigenvalue weighted by molar-refractivity contribution is 5.95. The predicted molar refractivity (Wildman–Crippen MR) is 78.8 cm³/mol. The zero-order valence-electron chi connectivity index (χ0n) is 11.9. The Bertz CT molecular complexity index is 688. The van der Waals surface area contributed by atoms with E-state index in [9.17, 15) is 9.59 Å². The molecular weight excluding hydrogens is 252 g/mol. The van der Waals surface area contributed by atoms with Crippen molar-refractivity contribution in [3.8, 4) is 0 Å². The molecule has 0 radical (unpaired) electrons. The Hall–Kier alpha value is -2.36. The molecule has 1 heterocycles. The molecular formula is C16H18N2O2. The number of aryl methyl sites for hydroxylation is 2. The maximum absolute atomic E-state index is 12.2. The number of rotatable bonds is 3. The van der Waals surface area contributed by atoms with E-state index >= 15 is 0 Å². The molecule has 0 spiro atoms. The minimum Gasteiger partial charge on any atom is -0.348 e. The van der Waals surface area contributed by atoms with Gasteiger partial charge in [-0.25, -0.2) is 0 Å². The Morgan fingerprint density at radius 1 is 1.20 bits per heavy atom. The Labute approximate surface area is 118 Å². The van der Waals surface area contributed by atoms with E-state index in [0.717, 1.165) is 11.3 Å². The molecule has 4 nitrogen and oxygen atoms in total. The molecule has 1 aromatic carbocycles. The molecule has 0 aliphatic rings. The highest BCUT2D eigenvalue weighted by Crippen LogP contribution is 2.06. The molecule has 0 aliphatic heterocycles. The number of benzene rings is 1. The number of carbonyl (C=O) groups is 1. The summed E-state index contributed by atoms with van der Waals surface area (Å²) in [4.78, 5) is 24.4. The molecule has 0 atom stereocenters. The molecule has 0 saturated carbocycles. The van der Waals surface area contributed by atoms with E-state index in [1.807, 2.05) is 43.3 Å². The van der Waals surface area contributed by atoms with Crippen LogP contribution in [0, 0.1) is 13.8 Å². The van der Waals surface area contributed by atoms with Crippen LogP contribution < -0.4 is 10.9 Å². The number of carbonyl (C=O) groups excluding carboxylic acids is 1. The summed E-state index contributed by atoms with van der Waals surface area (Å²) in [5.41, 5.74) is 2.51. The van der Waals surface area contributed by atoms with Gasteiger partial charge in [-0.2, -0.15) is 0 Å². The fourth-order valence-corrected chi connectivity index (χ4v) is 2.12. The van der Waals surface area contributed by atoms with Crippen LogP contribution in [0.3, 0.4) is 0 Å². The van der Waals surface area contributed by atoms with Gasteiger partial charge in [0.25, 0.3) is 11.5 Å². The maximum Gasteiger partial charge on any atom is 0.263 e. The number of amides is 1. The number of aromatic nitrogens is 1. The summed E-state index contributed by atoms with van der Waals surface area (Å²) in [6.45, 7) is 4.04. The van der Waals surface area contributed by atoms with Crippen LogP contribution in [-0.4, -0.2) is 10.5 Å². The van der Waals surface area contributed by atoms with Crippen LogP contribution in [0.4, 0.5) is 0 Å². The van der Waals surface area contributed by atoms with Crippen molar-refractivity contribution in [2.45, 2.75) is 20.4 Å². The van der Waals surface area contributed by atoms with Crippen LogP contribution in [-0.2, 0) is 13.6 Å². The third-order valence-electron chi connectivity index (χ3n) is 3.39. The summed E-state index contributed by atoms with van der Waals surface area (Å²) in [6, 6.07) is 11.5. The molecule has 1 aromatic heterocycles. The van der Waals surface area contributed by atoms with Crippen LogP contribution in [0.5, 0.6) is 0 Å². The topological polar surface area (TPSA) is 51.1 Å². The normalized spacial score (nSPS) is 10.3. The molecule has 0 unspecified atom stereocenters. The molecule has 0 fully saturated rings. The zero-order valence-corrected chi connectivity index (χ0v) is 11.9. The van der Waals surface area contributed by atoms with Crippen LogP contribution in [0.15, 0.2) is 41.2 Å². The maximum atomic E-state index is 12.2. The summed E-state index contributed by atoms with van der Waals surface area (Å²) >= 11 is 0. The second-order valence-corrected chi connectivity index (χ2v) is 4.88. The first kappa shape index (κ1) is 14.1. The summed E-state index contributed by atoms with van der Waals surface area (Å²) in [5.74, 6) is -0.327. The van der Waals surface area contributed by atoms with Gasteiger partial charge in [0.1, 0.15) is 5.56 Å². The fourth-order valence-electron chi connectivity index (χ4n) is 2.12. The minimum atomic E-state index is -0.327. The Morgan fingerprint density at radius 2 is 1.85 bits per heavy atom. The molecule has 104 valence electrons. The fraction of sp³-hybridized carbons (Fsp3) is 0.250. The molecule has 0 saturated heterocycles. The summed E-state index contributed by atoms with van der Waals surface area (Å²) in [6.07, 6.45) is 0. The Balaban J connectivity index is 2.22. The lowest BCUT2D eigenvalue weighted by Gasteiger charge is -2.11. The summed E-state index contributed by atoms with van der Waals surface area (Å²) in [5, 5.41) is 2.79. The smallest absolute Gasteiger partial charge is 0.263 e. The Morgan fingerprint density at radius 3 is 2.50 bits per heavy atom. The van der Waals surface area contributed by atoms with Gasteiger partial charge < -0.3 is 9.88 Å². The van der Waals surface area contributed by atoms with Crippen molar-refractivity contribution in [1.82, 2.24) is 9.88 Å². The molecule has 2 rings (SSSR count). The number of nitrogens with one attached hydrogen (secondary N) is 1. The first-order valence-electron chi connectivity index (χ1n) is 6.50. The van der Waals surface area contributed by atoms with Crippen molar-refractivity contribution in [1.29, 1.82) is 0 Å². The zero-order chi connectivity index (χ0) is 14.7. The van der Waals surface area contributed by atoms with Gasteiger partial charge in [-0.05, 0) is 31.0 Å². The van der Waals surface area contributed by atoms with Crippen molar-refractivity contribution in [3.05, 3.63) is 69.1 Å². The van der Waals surface area contributed by atoms with E-state index < -0.39 is 0 Å². The molecule has 2 aromatic rings. The second-order valence-electron chi connectivity index (χ2n) is 4.88. The van der Waals surface area contributed by atoms with Crippen molar-refractivity contribution in [3.63, 3.8) is 0 Å². The van der Waals surface area contributed by atoms with Gasteiger partial charge >= 0.3 is 0 Å². The summed E-state index contributed by atoms with van der Waals surface area (Å²) in [7, 11) is 1.67. The van der Waals surface area contributed by atoms with E-state index in [2.05, 4.69) is 5.32 Å². The van der Waals surface area contributed by atoms with Gasteiger partial charge in [0.05, 0.1) is 0 Å². The average molecular weight is 270 g/mol. The molecule has 1 amide bonds. The lowest BCUT2D eigenvalue weighted by molar-refractivity contribution is 0.0948. The van der Waals surface area contributed by atoms with Gasteiger partial charge in [0, 0.05) is 19.3 Å². The first-order chi connectivity index (χ1) is 9.50. The van der Waals surface area contributed by atoms with Crippen molar-refractivity contribution in [2.24, 2.45) is 7.05 Å². The quantitative estimate of drug-likeness (QED) is 0.926. The van der Waals surface area contributed by atoms with Gasteiger partial charge in [-0.1, -0.05) is 30.3 Å². The third kappa shape index (κ3) is 2.79. The van der Waals surface area contributed by atoms with E-state index in [1.165, 1.54) is 4.57 Å². The molecule has 4 heteroatoms. The van der Waals surface area contributed by atoms with Gasteiger partial charge in [-0.15, -0.1) is 0 Å². The van der Waals surface area contributed by atoms with Gasteiger partial charge in [0.15, 0.2) is 0 Å². The lowest BCUT2D eigenvalue weighted by atomic mass is 10.1. The number of nitrogens with zero attached hydrogens (tertiary/aromatic N) is 1. The van der Waals surface area contributed by atoms with Crippen molar-refractivity contribution >= 4 is 5.91 Å². The lowest BCUT2D eigenvalue weighted by Crippen LogP contribution is -2.33. The van der Waals surface area contributed by atoms with E-state index in [-0.39, 0.29) is 17.0 Å². The molecule has 0 bridgehead atoms. The first-order valence-corrected chi connectivity index (χ1v) is 6.50. The van der Waals surface area contributed by atoms with Gasteiger partial charge in [-0.3, -0.25) is 9.59 Å². The highest BCUT2D eigenvalue weighted by atomic mass is 16.2. The molecule has 1 N–H and O–H groups in total. The standard InChI is InChI=1S/C16H18N2O2/c1-11-9-12(2)18(3)16(20)14(11)15(19)17-10-13-7-5-4-6-8-13/h4-9H,10H2,1-3H3,(H,17,19).